The van der Waals surface area contributed by atoms with Crippen molar-refractivity contribution in [2.24, 2.45) is 0 Å². The summed E-state index contributed by atoms with van der Waals surface area (Å²) in [5.74, 6) is -0.233. The molecule has 1 fully saturated rings. The highest BCUT2D eigenvalue weighted by atomic mass is 16.5. The van der Waals surface area contributed by atoms with Gasteiger partial charge in [0.05, 0.1) is 20.1 Å². The van der Waals surface area contributed by atoms with Gasteiger partial charge in [0.25, 0.3) is 0 Å². The fraction of sp³-hybridized carbons (Fsp3) is 0.750. The Labute approximate surface area is 71.9 Å². The van der Waals surface area contributed by atoms with Gasteiger partial charge >= 0.3 is 5.97 Å². The highest BCUT2D eigenvalue weighted by Gasteiger charge is 2.38. The fourth-order valence-electron chi connectivity index (χ4n) is 1.48. The van der Waals surface area contributed by atoms with E-state index < -0.39 is 0 Å². The molecule has 2 atom stereocenters. The van der Waals surface area contributed by atoms with Gasteiger partial charge in [0, 0.05) is 0 Å². The minimum atomic E-state index is -0.233. The number of methoxy groups -OCH3 is 1. The zero-order valence-corrected chi connectivity index (χ0v) is 7.28. The van der Waals surface area contributed by atoms with Crippen LogP contribution in [-0.2, 0) is 9.53 Å². The molecule has 1 saturated heterocycles. The maximum absolute atomic E-state index is 11.1. The smallest absolute Gasteiger partial charge is 0.323 e. The molecule has 0 aromatic rings. The number of likely N-dealkylation sites (tertiary alicyclic amines) is 1. The maximum atomic E-state index is 11.1. The number of esters is 1. The van der Waals surface area contributed by atoms with E-state index in [1.165, 1.54) is 7.11 Å². The van der Waals surface area contributed by atoms with Crippen LogP contribution in [0.25, 0.3) is 4.85 Å². The van der Waals surface area contributed by atoms with E-state index in [9.17, 15) is 4.79 Å². The molecule has 1 aliphatic heterocycles. The standard InChI is InChI=1S/C8H12N2O2/c1-9-6-4-7(8(11)12-3)10(2)5-6/h6-7H,4-5H2,2-3H3. The van der Waals surface area contributed by atoms with E-state index >= 15 is 0 Å². The van der Waals surface area contributed by atoms with Gasteiger partial charge in [-0.15, -0.1) is 0 Å². The topological polar surface area (TPSA) is 33.9 Å². The van der Waals surface area contributed by atoms with Crippen LogP contribution in [0.2, 0.25) is 0 Å². The Hall–Kier alpha value is -1.08. The lowest BCUT2D eigenvalue weighted by Crippen LogP contribution is -2.33. The SMILES string of the molecule is [C-]#[N+]C1CC(C(=O)OC)N(C)C1. The average Bonchev–Trinajstić information content (AvgIpc) is 2.45. The molecular weight excluding hydrogens is 156 g/mol. The molecule has 2 unspecified atom stereocenters. The Balaban J connectivity index is 2.58. The molecule has 1 rings (SSSR count). The van der Waals surface area contributed by atoms with Crippen LogP contribution in [0, 0.1) is 6.57 Å². The Morgan fingerprint density at radius 2 is 2.42 bits per heavy atom. The molecule has 0 aromatic carbocycles. The van der Waals surface area contributed by atoms with Crippen LogP contribution in [0.1, 0.15) is 6.42 Å². The summed E-state index contributed by atoms with van der Waals surface area (Å²) in [7, 11) is 3.22. The molecule has 0 saturated carbocycles. The van der Waals surface area contributed by atoms with Crippen molar-refractivity contribution in [1.82, 2.24) is 4.90 Å². The Morgan fingerprint density at radius 3 is 2.83 bits per heavy atom. The highest BCUT2D eigenvalue weighted by Crippen LogP contribution is 2.19. The summed E-state index contributed by atoms with van der Waals surface area (Å²) in [5.41, 5.74) is 0. The van der Waals surface area contributed by atoms with Gasteiger partial charge in [0.15, 0.2) is 0 Å². The van der Waals surface area contributed by atoms with Gasteiger partial charge in [-0.05, 0) is 7.05 Å². The lowest BCUT2D eigenvalue weighted by Gasteiger charge is -2.14. The van der Waals surface area contributed by atoms with Gasteiger partial charge in [-0.2, -0.15) is 0 Å². The second-order valence-corrected chi connectivity index (χ2v) is 3.00. The number of ether oxygens (including phenoxy) is 1. The van der Waals surface area contributed by atoms with E-state index in [2.05, 4.69) is 9.58 Å². The van der Waals surface area contributed by atoms with E-state index in [0.717, 1.165) is 0 Å². The van der Waals surface area contributed by atoms with Crippen molar-refractivity contribution < 1.29 is 9.53 Å². The molecular formula is C8H12N2O2. The van der Waals surface area contributed by atoms with Crippen molar-refractivity contribution in [3.8, 4) is 0 Å². The summed E-state index contributed by atoms with van der Waals surface area (Å²) in [6, 6.07) is -0.256. The molecule has 66 valence electrons. The van der Waals surface area contributed by atoms with Gasteiger partial charge in [-0.1, -0.05) is 0 Å². The molecule has 4 heteroatoms. The van der Waals surface area contributed by atoms with Crippen molar-refractivity contribution in [2.75, 3.05) is 20.7 Å². The van der Waals surface area contributed by atoms with Gasteiger partial charge < -0.3 is 9.58 Å². The third-order valence-corrected chi connectivity index (χ3v) is 2.18. The summed E-state index contributed by atoms with van der Waals surface area (Å²) in [5, 5.41) is 0. The molecule has 0 radical (unpaired) electrons. The predicted octanol–water partition coefficient (Wildman–Crippen LogP) is 0.151. The van der Waals surface area contributed by atoms with Crippen LogP contribution >= 0.6 is 0 Å². The predicted molar refractivity (Wildman–Crippen MR) is 43.4 cm³/mol. The minimum Gasteiger partial charge on any atom is -0.468 e. The van der Waals surface area contributed by atoms with E-state index in [1.807, 2.05) is 11.9 Å². The van der Waals surface area contributed by atoms with Gasteiger partial charge in [0.2, 0.25) is 6.04 Å². The zero-order valence-electron chi connectivity index (χ0n) is 7.28. The third-order valence-electron chi connectivity index (χ3n) is 2.18. The third kappa shape index (κ3) is 1.56. The number of rotatable bonds is 1. The maximum Gasteiger partial charge on any atom is 0.323 e. The van der Waals surface area contributed by atoms with Crippen LogP contribution in [0.15, 0.2) is 0 Å². The van der Waals surface area contributed by atoms with Crippen LogP contribution in [-0.4, -0.2) is 43.7 Å². The van der Waals surface area contributed by atoms with Crippen LogP contribution in [0.3, 0.4) is 0 Å². The molecule has 0 spiro atoms. The number of carbonyl (C=O) groups is 1. The van der Waals surface area contributed by atoms with Gasteiger partial charge in [-0.25, -0.2) is 6.57 Å². The highest BCUT2D eigenvalue weighted by molar-refractivity contribution is 5.76. The van der Waals surface area contributed by atoms with Crippen LogP contribution in [0.4, 0.5) is 0 Å². The molecule has 1 aliphatic rings. The first kappa shape index (κ1) is 9.01. The fourth-order valence-corrected chi connectivity index (χ4v) is 1.48. The largest absolute Gasteiger partial charge is 0.468 e. The van der Waals surface area contributed by atoms with Gasteiger partial charge in [0.1, 0.15) is 6.04 Å². The number of hydrogen-bond acceptors (Lipinski definition) is 3. The first-order valence-electron chi connectivity index (χ1n) is 3.83. The normalized spacial score (nSPS) is 29.8. The van der Waals surface area contributed by atoms with Crippen molar-refractivity contribution in [1.29, 1.82) is 0 Å². The van der Waals surface area contributed by atoms with E-state index in [1.54, 1.807) is 0 Å². The minimum absolute atomic E-state index is 0.0425. The Bertz CT molecular complexity index is 222. The van der Waals surface area contributed by atoms with Crippen LogP contribution in [0.5, 0.6) is 0 Å². The number of carbonyl (C=O) groups excluding carboxylic acids is 1. The van der Waals surface area contributed by atoms with E-state index in [-0.39, 0.29) is 18.1 Å². The van der Waals surface area contributed by atoms with Crippen molar-refractivity contribution in [3.05, 3.63) is 11.4 Å². The molecule has 0 aliphatic carbocycles. The quantitative estimate of drug-likeness (QED) is 0.413. The average molecular weight is 168 g/mol. The molecule has 0 N–H and O–H groups in total. The lowest BCUT2D eigenvalue weighted by molar-refractivity contribution is -0.145. The van der Waals surface area contributed by atoms with E-state index in [4.69, 9.17) is 6.57 Å². The number of nitrogens with zero attached hydrogens (tertiary/aromatic N) is 2. The van der Waals surface area contributed by atoms with Gasteiger partial charge in [-0.3, -0.25) is 9.69 Å². The summed E-state index contributed by atoms with van der Waals surface area (Å²) in [6.45, 7) is 7.49. The monoisotopic (exact) mass is 168 g/mol. The van der Waals surface area contributed by atoms with Crippen LogP contribution < -0.4 is 0 Å². The summed E-state index contributed by atoms with van der Waals surface area (Å²) < 4.78 is 4.61. The molecule has 1 heterocycles. The molecule has 0 bridgehead atoms. The summed E-state index contributed by atoms with van der Waals surface area (Å²) in [6.07, 6.45) is 0.604. The molecule has 4 nitrogen and oxygen atoms in total. The first-order chi connectivity index (χ1) is 5.69. The number of hydrogen-bond donors (Lipinski definition) is 0. The molecule has 0 aromatic heterocycles. The summed E-state index contributed by atoms with van der Waals surface area (Å²) >= 11 is 0. The molecule has 0 amide bonds. The van der Waals surface area contributed by atoms with Crippen molar-refractivity contribution in [3.63, 3.8) is 0 Å². The second-order valence-electron chi connectivity index (χ2n) is 3.00. The molecule has 12 heavy (non-hydrogen) atoms. The number of likely N-dealkylation sites (N-methyl/N-ethyl adjacent to an activating group) is 1. The Kier molecular flexibility index (Phi) is 2.66. The van der Waals surface area contributed by atoms with E-state index in [0.29, 0.717) is 13.0 Å². The summed E-state index contributed by atoms with van der Waals surface area (Å²) in [4.78, 5) is 16.4. The van der Waals surface area contributed by atoms with Crippen molar-refractivity contribution >= 4 is 5.97 Å². The first-order valence-corrected chi connectivity index (χ1v) is 3.83. The zero-order chi connectivity index (χ0) is 9.14. The Morgan fingerprint density at radius 1 is 1.75 bits per heavy atom. The van der Waals surface area contributed by atoms with Crippen molar-refractivity contribution in [2.45, 2.75) is 18.5 Å². The lowest BCUT2D eigenvalue weighted by atomic mass is 10.2. The second kappa shape index (κ2) is 3.55.